The molecule has 4 nitrogen and oxygen atoms in total. The number of halogens is 1. The summed E-state index contributed by atoms with van der Waals surface area (Å²) >= 11 is 3.52. The maximum atomic E-state index is 6.44. The van der Waals surface area contributed by atoms with E-state index < -0.39 is 0 Å². The van der Waals surface area contributed by atoms with Crippen LogP contribution in [0, 0.1) is 0 Å². The van der Waals surface area contributed by atoms with Crippen LogP contribution >= 0.6 is 15.9 Å². The molecule has 1 unspecified atom stereocenters. The van der Waals surface area contributed by atoms with Crippen molar-refractivity contribution >= 4 is 15.9 Å². The van der Waals surface area contributed by atoms with Gasteiger partial charge in [0.15, 0.2) is 0 Å². The molecule has 2 N–H and O–H groups in total. The fraction of sp³-hybridized carbons (Fsp3) is 0.750. The number of nitrogens with two attached hydrogens (primary N) is 1. The van der Waals surface area contributed by atoms with Gasteiger partial charge in [-0.05, 0) is 42.9 Å². The van der Waals surface area contributed by atoms with Crippen LogP contribution in [-0.2, 0) is 7.05 Å². The summed E-state index contributed by atoms with van der Waals surface area (Å²) in [5, 5.41) is 4.23. The minimum atomic E-state index is -0.0974. The molecule has 98 valence electrons. The summed E-state index contributed by atoms with van der Waals surface area (Å²) in [5.41, 5.74) is 7.38. The molecule has 0 bridgehead atoms. The van der Waals surface area contributed by atoms with E-state index in [9.17, 15) is 0 Å². The van der Waals surface area contributed by atoms with Gasteiger partial charge in [-0.25, -0.2) is 0 Å². The van der Waals surface area contributed by atoms with Gasteiger partial charge in [0.1, 0.15) is 0 Å². The van der Waals surface area contributed by atoms with Gasteiger partial charge in [0.25, 0.3) is 0 Å². The Hall–Kier alpha value is -0.390. The molecular formula is C12H23BrN4. The molecule has 0 aliphatic rings. The molecule has 0 saturated carbocycles. The van der Waals surface area contributed by atoms with E-state index in [1.165, 1.54) is 0 Å². The van der Waals surface area contributed by atoms with Crippen LogP contribution in [0.5, 0.6) is 0 Å². The highest BCUT2D eigenvalue weighted by Gasteiger charge is 2.35. The average Bonchev–Trinajstić information content (AvgIpc) is 2.59. The van der Waals surface area contributed by atoms with Gasteiger partial charge >= 0.3 is 0 Å². The van der Waals surface area contributed by atoms with Gasteiger partial charge in [0.2, 0.25) is 0 Å². The molecule has 0 spiro atoms. The van der Waals surface area contributed by atoms with Gasteiger partial charge in [0.05, 0.1) is 22.4 Å². The molecule has 0 amide bonds. The number of likely N-dealkylation sites (N-methyl/N-ethyl adjacent to an activating group) is 1. The third kappa shape index (κ3) is 2.72. The summed E-state index contributed by atoms with van der Waals surface area (Å²) in [7, 11) is 1.93. The van der Waals surface area contributed by atoms with Crippen LogP contribution in [0.2, 0.25) is 0 Å². The molecule has 17 heavy (non-hydrogen) atoms. The predicted octanol–water partition coefficient (Wildman–Crippen LogP) is 2.30. The highest BCUT2D eigenvalue weighted by Crippen LogP contribution is 2.32. The van der Waals surface area contributed by atoms with Crippen LogP contribution in [0.15, 0.2) is 10.7 Å². The van der Waals surface area contributed by atoms with Crippen LogP contribution in [-0.4, -0.2) is 33.3 Å². The van der Waals surface area contributed by atoms with E-state index in [2.05, 4.69) is 53.6 Å². The lowest BCUT2D eigenvalue weighted by Gasteiger charge is -2.41. The van der Waals surface area contributed by atoms with E-state index in [4.69, 9.17) is 5.73 Å². The van der Waals surface area contributed by atoms with Crippen molar-refractivity contribution < 1.29 is 0 Å². The number of aromatic nitrogens is 2. The average molecular weight is 303 g/mol. The maximum Gasteiger partial charge on any atom is 0.0708 e. The highest BCUT2D eigenvalue weighted by atomic mass is 79.9. The molecule has 1 aromatic heterocycles. The van der Waals surface area contributed by atoms with E-state index in [0.29, 0.717) is 0 Å². The molecule has 0 saturated heterocycles. The minimum absolute atomic E-state index is 0.0794. The Balaban J connectivity index is 3.07. The molecule has 0 radical (unpaired) electrons. The van der Waals surface area contributed by atoms with Gasteiger partial charge < -0.3 is 5.73 Å². The largest absolute Gasteiger partial charge is 0.321 e. The van der Waals surface area contributed by atoms with Crippen LogP contribution < -0.4 is 5.73 Å². The van der Waals surface area contributed by atoms with Crippen LogP contribution in [0.3, 0.4) is 0 Å². The monoisotopic (exact) mass is 302 g/mol. The zero-order valence-electron chi connectivity index (χ0n) is 11.4. The Kier molecular flexibility index (Phi) is 4.75. The number of hydrogen-bond acceptors (Lipinski definition) is 3. The van der Waals surface area contributed by atoms with Crippen molar-refractivity contribution in [3.05, 3.63) is 16.4 Å². The summed E-state index contributed by atoms with van der Waals surface area (Å²) in [4.78, 5) is 2.37. The van der Waals surface area contributed by atoms with E-state index >= 15 is 0 Å². The molecule has 0 aliphatic carbocycles. The zero-order valence-corrected chi connectivity index (χ0v) is 13.0. The molecule has 0 fully saturated rings. The summed E-state index contributed by atoms with van der Waals surface area (Å²) < 4.78 is 2.83. The van der Waals surface area contributed by atoms with Gasteiger partial charge in [-0.3, -0.25) is 9.58 Å². The number of rotatable bonds is 5. The summed E-state index contributed by atoms with van der Waals surface area (Å²) in [5.74, 6) is 0. The van der Waals surface area contributed by atoms with Gasteiger partial charge in [0, 0.05) is 12.6 Å². The lowest BCUT2D eigenvalue weighted by Crippen LogP contribution is -2.51. The second-order valence-electron chi connectivity index (χ2n) is 4.80. The van der Waals surface area contributed by atoms with E-state index in [-0.39, 0.29) is 11.6 Å². The maximum absolute atomic E-state index is 6.44. The van der Waals surface area contributed by atoms with Gasteiger partial charge in [-0.2, -0.15) is 5.10 Å². The Bertz CT molecular complexity index is 349. The fourth-order valence-corrected chi connectivity index (χ4v) is 2.93. The predicted molar refractivity (Wildman–Crippen MR) is 74.8 cm³/mol. The third-order valence-electron chi connectivity index (χ3n) is 3.57. The molecule has 1 atom stereocenters. The first-order valence-electron chi connectivity index (χ1n) is 6.04. The summed E-state index contributed by atoms with van der Waals surface area (Å²) in [6, 6.07) is -0.0794. The van der Waals surface area contributed by atoms with Crippen molar-refractivity contribution in [3.8, 4) is 0 Å². The molecule has 5 heteroatoms. The quantitative estimate of drug-likeness (QED) is 0.908. The standard InChI is InChI=1S/C12H23BrN4/c1-6-17(7-2)12(3,4)11(14)10-9(13)8-15-16(10)5/h8,11H,6-7,14H2,1-5H3. The fourth-order valence-electron chi connectivity index (χ4n) is 2.34. The first-order valence-corrected chi connectivity index (χ1v) is 6.83. The molecule has 0 aromatic carbocycles. The lowest BCUT2D eigenvalue weighted by atomic mass is 9.90. The number of nitrogens with zero attached hydrogens (tertiary/aromatic N) is 3. The molecule has 0 aliphatic heterocycles. The van der Waals surface area contributed by atoms with Crippen molar-refractivity contribution in [1.29, 1.82) is 0 Å². The normalized spacial score (nSPS) is 14.4. The van der Waals surface area contributed by atoms with E-state index in [1.54, 1.807) is 6.20 Å². The van der Waals surface area contributed by atoms with Gasteiger partial charge in [-0.15, -0.1) is 0 Å². The Labute approximate surface area is 112 Å². The zero-order chi connectivity index (χ0) is 13.2. The van der Waals surface area contributed by atoms with Crippen LogP contribution in [0.4, 0.5) is 0 Å². The first kappa shape index (κ1) is 14.7. The summed E-state index contributed by atoms with van der Waals surface area (Å²) in [6.07, 6.45) is 1.80. The molecule has 1 aromatic rings. The van der Waals surface area contributed by atoms with Gasteiger partial charge in [-0.1, -0.05) is 13.8 Å². The first-order chi connectivity index (χ1) is 7.86. The van der Waals surface area contributed by atoms with E-state index in [1.807, 2.05) is 11.7 Å². The van der Waals surface area contributed by atoms with Crippen LogP contribution in [0.25, 0.3) is 0 Å². The SMILES string of the molecule is CCN(CC)C(C)(C)C(N)c1c(Br)cnn1C. The highest BCUT2D eigenvalue weighted by molar-refractivity contribution is 9.10. The minimum Gasteiger partial charge on any atom is -0.321 e. The number of aryl methyl sites for hydroxylation is 1. The van der Waals surface area contributed by atoms with Crippen molar-refractivity contribution in [2.75, 3.05) is 13.1 Å². The van der Waals surface area contributed by atoms with E-state index in [0.717, 1.165) is 23.3 Å². The lowest BCUT2D eigenvalue weighted by molar-refractivity contribution is 0.103. The third-order valence-corrected chi connectivity index (χ3v) is 4.18. The topological polar surface area (TPSA) is 47.1 Å². The van der Waals surface area contributed by atoms with Crippen molar-refractivity contribution in [3.63, 3.8) is 0 Å². The second kappa shape index (κ2) is 5.50. The summed E-state index contributed by atoms with van der Waals surface area (Å²) in [6.45, 7) is 10.7. The second-order valence-corrected chi connectivity index (χ2v) is 5.66. The Morgan fingerprint density at radius 1 is 1.47 bits per heavy atom. The number of hydrogen-bond donors (Lipinski definition) is 1. The Morgan fingerprint density at radius 3 is 2.35 bits per heavy atom. The molecular weight excluding hydrogens is 280 g/mol. The van der Waals surface area contributed by atoms with Crippen molar-refractivity contribution in [2.24, 2.45) is 12.8 Å². The molecule has 1 rings (SSSR count). The van der Waals surface area contributed by atoms with Crippen molar-refractivity contribution in [1.82, 2.24) is 14.7 Å². The van der Waals surface area contributed by atoms with Crippen molar-refractivity contribution in [2.45, 2.75) is 39.3 Å². The smallest absolute Gasteiger partial charge is 0.0708 e. The van der Waals surface area contributed by atoms with Crippen LogP contribution in [0.1, 0.15) is 39.4 Å². The molecule has 1 heterocycles. The Morgan fingerprint density at radius 2 is 2.00 bits per heavy atom.